The van der Waals surface area contributed by atoms with Crippen molar-refractivity contribution in [3.63, 3.8) is 0 Å². The molecule has 7 heteroatoms. The lowest BCUT2D eigenvalue weighted by molar-refractivity contribution is 0.581. The lowest BCUT2D eigenvalue weighted by atomic mass is 10.1. The molecule has 0 spiro atoms. The molecule has 1 fully saturated rings. The summed E-state index contributed by atoms with van der Waals surface area (Å²) < 4.78 is 16.2. The van der Waals surface area contributed by atoms with Crippen LogP contribution in [0.25, 0.3) is 22.3 Å². The third-order valence-electron chi connectivity index (χ3n) is 4.90. The predicted molar refractivity (Wildman–Crippen MR) is 108 cm³/mol. The van der Waals surface area contributed by atoms with Crippen LogP contribution in [0.1, 0.15) is 12.8 Å². The molecular formula is C21H17ClFN5. The minimum Gasteiger partial charge on any atom is -0.354 e. The van der Waals surface area contributed by atoms with Gasteiger partial charge in [0.05, 0.1) is 17.6 Å². The Labute approximate surface area is 166 Å². The highest BCUT2D eigenvalue weighted by molar-refractivity contribution is 6.30. The Balaban J connectivity index is 1.51. The van der Waals surface area contributed by atoms with Gasteiger partial charge < -0.3 is 5.32 Å². The molecule has 28 heavy (non-hydrogen) atoms. The van der Waals surface area contributed by atoms with Gasteiger partial charge in [0.25, 0.3) is 0 Å². The number of aromatic nitrogens is 4. The molecule has 1 aromatic carbocycles. The van der Waals surface area contributed by atoms with Crippen LogP contribution in [0.2, 0.25) is 5.02 Å². The first-order valence-electron chi connectivity index (χ1n) is 9.16. The maximum atomic E-state index is 14.2. The van der Waals surface area contributed by atoms with E-state index in [0.29, 0.717) is 22.2 Å². The van der Waals surface area contributed by atoms with Crippen LogP contribution < -0.4 is 5.32 Å². The summed E-state index contributed by atoms with van der Waals surface area (Å²) in [7, 11) is 0. The van der Waals surface area contributed by atoms with E-state index < -0.39 is 0 Å². The molecule has 0 saturated heterocycles. The molecule has 3 heterocycles. The Bertz CT molecular complexity index is 1170. The minimum absolute atomic E-state index is 0.358. The maximum Gasteiger partial charge on any atom is 0.132 e. The zero-order valence-corrected chi connectivity index (χ0v) is 15.7. The number of fused-ring (bicyclic) bond motifs is 1. The second-order valence-electron chi connectivity index (χ2n) is 7.04. The van der Waals surface area contributed by atoms with E-state index in [0.717, 1.165) is 29.0 Å². The molecule has 0 unspecified atom stereocenters. The largest absolute Gasteiger partial charge is 0.354 e. The fourth-order valence-electron chi connectivity index (χ4n) is 3.31. The van der Waals surface area contributed by atoms with Crippen molar-refractivity contribution in [2.24, 2.45) is 5.92 Å². The van der Waals surface area contributed by atoms with Gasteiger partial charge in [0.1, 0.15) is 16.9 Å². The molecule has 5 nitrogen and oxygen atoms in total. The Morgan fingerprint density at radius 1 is 1.11 bits per heavy atom. The highest BCUT2D eigenvalue weighted by Gasteiger charge is 2.23. The van der Waals surface area contributed by atoms with E-state index in [1.54, 1.807) is 24.7 Å². The zero-order chi connectivity index (χ0) is 19.1. The standard InChI is InChI=1S/C21H17ClFN5/c22-14-3-4-17(23)16(9-14)19-10-15(5-7-24-19)27-18-6-8-25-20-11-26-28(21(18)20)12-13-1-2-13/h3-11,13H,1-2,12H2,(H,24,25,27). The average Bonchev–Trinajstić information content (AvgIpc) is 3.42. The van der Waals surface area contributed by atoms with Crippen molar-refractivity contribution in [3.05, 3.63) is 65.8 Å². The zero-order valence-electron chi connectivity index (χ0n) is 14.9. The Kier molecular flexibility index (Phi) is 4.20. The van der Waals surface area contributed by atoms with E-state index >= 15 is 0 Å². The van der Waals surface area contributed by atoms with Gasteiger partial charge >= 0.3 is 0 Å². The topological polar surface area (TPSA) is 55.6 Å². The van der Waals surface area contributed by atoms with Crippen molar-refractivity contribution in [1.82, 2.24) is 19.7 Å². The van der Waals surface area contributed by atoms with E-state index in [-0.39, 0.29) is 5.82 Å². The average molecular weight is 394 g/mol. The van der Waals surface area contributed by atoms with Crippen LogP contribution in [-0.2, 0) is 6.54 Å². The first-order chi connectivity index (χ1) is 13.7. The van der Waals surface area contributed by atoms with Crippen LogP contribution in [0.4, 0.5) is 15.8 Å². The van der Waals surface area contributed by atoms with Crippen LogP contribution in [0.5, 0.6) is 0 Å². The van der Waals surface area contributed by atoms with Gasteiger partial charge in [0, 0.05) is 35.2 Å². The molecule has 3 aromatic heterocycles. The van der Waals surface area contributed by atoms with E-state index in [4.69, 9.17) is 11.6 Å². The summed E-state index contributed by atoms with van der Waals surface area (Å²) in [6.45, 7) is 0.902. The van der Waals surface area contributed by atoms with E-state index in [9.17, 15) is 4.39 Å². The number of hydrogen-bond donors (Lipinski definition) is 1. The van der Waals surface area contributed by atoms with Crippen molar-refractivity contribution in [2.75, 3.05) is 5.32 Å². The van der Waals surface area contributed by atoms with Crippen LogP contribution in [0.15, 0.2) is 55.0 Å². The lowest BCUT2D eigenvalue weighted by Gasteiger charge is -2.11. The molecular weight excluding hydrogens is 377 g/mol. The smallest absolute Gasteiger partial charge is 0.132 e. The first kappa shape index (κ1) is 17.1. The van der Waals surface area contributed by atoms with Gasteiger partial charge in [-0.2, -0.15) is 5.10 Å². The third-order valence-corrected chi connectivity index (χ3v) is 5.14. The number of anilines is 2. The van der Waals surface area contributed by atoms with Crippen LogP contribution in [0, 0.1) is 11.7 Å². The molecule has 0 aliphatic heterocycles. The Morgan fingerprint density at radius 2 is 1.96 bits per heavy atom. The van der Waals surface area contributed by atoms with Gasteiger partial charge in [-0.05, 0) is 55.2 Å². The molecule has 4 aromatic rings. The summed E-state index contributed by atoms with van der Waals surface area (Å²) in [6, 6.07) is 10.0. The summed E-state index contributed by atoms with van der Waals surface area (Å²) in [6.07, 6.45) is 7.71. The number of rotatable bonds is 5. The van der Waals surface area contributed by atoms with Crippen molar-refractivity contribution in [2.45, 2.75) is 19.4 Å². The molecule has 140 valence electrons. The summed E-state index contributed by atoms with van der Waals surface area (Å²) in [5.74, 6) is 0.345. The van der Waals surface area contributed by atoms with Gasteiger partial charge in [-0.25, -0.2) is 4.39 Å². The van der Waals surface area contributed by atoms with E-state index in [1.165, 1.54) is 25.0 Å². The molecule has 0 atom stereocenters. The van der Waals surface area contributed by atoms with Crippen LogP contribution >= 0.6 is 11.6 Å². The van der Waals surface area contributed by atoms with Crippen molar-refractivity contribution in [1.29, 1.82) is 0 Å². The molecule has 1 aliphatic rings. The highest BCUT2D eigenvalue weighted by atomic mass is 35.5. The van der Waals surface area contributed by atoms with E-state index in [1.807, 2.05) is 22.9 Å². The van der Waals surface area contributed by atoms with Crippen LogP contribution in [-0.4, -0.2) is 19.7 Å². The van der Waals surface area contributed by atoms with Gasteiger partial charge in [-0.15, -0.1) is 0 Å². The van der Waals surface area contributed by atoms with Gasteiger partial charge in [0.2, 0.25) is 0 Å². The number of hydrogen-bond acceptors (Lipinski definition) is 4. The molecule has 0 bridgehead atoms. The summed E-state index contributed by atoms with van der Waals surface area (Å²) in [5.41, 5.74) is 4.42. The molecule has 1 N–H and O–H groups in total. The quantitative estimate of drug-likeness (QED) is 0.490. The number of halogens is 2. The third kappa shape index (κ3) is 3.31. The number of nitrogens with zero attached hydrogens (tertiary/aromatic N) is 4. The van der Waals surface area contributed by atoms with Gasteiger partial charge in [-0.1, -0.05) is 11.6 Å². The van der Waals surface area contributed by atoms with Crippen LogP contribution in [0.3, 0.4) is 0 Å². The second kappa shape index (κ2) is 6.87. The monoisotopic (exact) mass is 393 g/mol. The normalized spacial score (nSPS) is 13.8. The van der Waals surface area contributed by atoms with Gasteiger partial charge in [-0.3, -0.25) is 14.6 Å². The molecule has 0 amide bonds. The maximum absolute atomic E-state index is 14.2. The highest BCUT2D eigenvalue weighted by Crippen LogP contribution is 2.33. The molecule has 5 rings (SSSR count). The Morgan fingerprint density at radius 3 is 2.82 bits per heavy atom. The fourth-order valence-corrected chi connectivity index (χ4v) is 3.48. The predicted octanol–water partition coefficient (Wildman–Crippen LogP) is 5.44. The van der Waals surface area contributed by atoms with E-state index in [2.05, 4.69) is 20.4 Å². The van der Waals surface area contributed by atoms with Crippen molar-refractivity contribution < 1.29 is 4.39 Å². The molecule has 1 aliphatic carbocycles. The lowest BCUT2D eigenvalue weighted by Crippen LogP contribution is -2.04. The summed E-state index contributed by atoms with van der Waals surface area (Å²) >= 11 is 6.03. The first-order valence-corrected chi connectivity index (χ1v) is 9.54. The molecule has 1 saturated carbocycles. The number of benzene rings is 1. The Hall–Kier alpha value is -2.99. The summed E-state index contributed by atoms with van der Waals surface area (Å²) in [5, 5.41) is 8.39. The molecule has 0 radical (unpaired) electrons. The minimum atomic E-state index is -0.358. The second-order valence-corrected chi connectivity index (χ2v) is 7.48. The number of nitrogens with one attached hydrogen (secondary N) is 1. The number of pyridine rings is 2. The van der Waals surface area contributed by atoms with Crippen molar-refractivity contribution >= 4 is 34.0 Å². The SMILES string of the molecule is Fc1ccc(Cl)cc1-c1cc(Nc2ccnc3cnn(CC4CC4)c23)ccn1. The summed E-state index contributed by atoms with van der Waals surface area (Å²) in [4.78, 5) is 8.72. The van der Waals surface area contributed by atoms with Gasteiger partial charge in [0.15, 0.2) is 0 Å². The van der Waals surface area contributed by atoms with Crippen molar-refractivity contribution in [3.8, 4) is 11.3 Å². The fraction of sp³-hybridized carbons (Fsp3) is 0.190.